The predicted molar refractivity (Wildman–Crippen MR) is 70.4 cm³/mol. The van der Waals surface area contributed by atoms with Crippen molar-refractivity contribution in [3.05, 3.63) is 11.3 Å². The van der Waals surface area contributed by atoms with Gasteiger partial charge in [-0.15, -0.1) is 0 Å². The van der Waals surface area contributed by atoms with Crippen LogP contribution in [0.15, 0.2) is 0 Å². The Morgan fingerprint density at radius 3 is 2.67 bits per heavy atom. The molecule has 0 unspecified atom stereocenters. The van der Waals surface area contributed by atoms with Gasteiger partial charge in [0.05, 0.1) is 18.8 Å². The molecule has 0 aromatic carbocycles. The van der Waals surface area contributed by atoms with Crippen LogP contribution < -0.4 is 10.2 Å². The zero-order valence-electron chi connectivity index (χ0n) is 11.7. The number of aromatic nitrogens is 2. The SMILES string of the molecule is Cc1nn(C)c(N(C)CC(=O)NC(C)C)c1CO. The molecule has 6 nitrogen and oxygen atoms in total. The third-order valence-electron chi connectivity index (χ3n) is 2.66. The van der Waals surface area contributed by atoms with Crippen LogP contribution in [0.5, 0.6) is 0 Å². The maximum atomic E-state index is 11.7. The van der Waals surface area contributed by atoms with Gasteiger partial charge in [-0.1, -0.05) is 0 Å². The number of aliphatic hydroxyl groups is 1. The van der Waals surface area contributed by atoms with Crippen LogP contribution in [0.4, 0.5) is 5.82 Å². The highest BCUT2D eigenvalue weighted by atomic mass is 16.3. The van der Waals surface area contributed by atoms with Crippen molar-refractivity contribution in [3.8, 4) is 0 Å². The first-order valence-corrected chi connectivity index (χ1v) is 6.00. The van der Waals surface area contributed by atoms with Crippen molar-refractivity contribution in [2.24, 2.45) is 7.05 Å². The zero-order chi connectivity index (χ0) is 13.9. The van der Waals surface area contributed by atoms with Gasteiger partial charge in [0.2, 0.25) is 5.91 Å². The second kappa shape index (κ2) is 5.86. The molecule has 1 heterocycles. The van der Waals surface area contributed by atoms with Crippen molar-refractivity contribution in [3.63, 3.8) is 0 Å². The number of aliphatic hydroxyl groups excluding tert-OH is 1. The Hall–Kier alpha value is -1.56. The number of aryl methyl sites for hydroxylation is 2. The minimum absolute atomic E-state index is 0.0461. The highest BCUT2D eigenvalue weighted by Crippen LogP contribution is 2.21. The van der Waals surface area contributed by atoms with E-state index < -0.39 is 0 Å². The molecule has 0 bridgehead atoms. The number of hydrogen-bond donors (Lipinski definition) is 2. The van der Waals surface area contributed by atoms with Gasteiger partial charge in [-0.05, 0) is 20.8 Å². The summed E-state index contributed by atoms with van der Waals surface area (Å²) < 4.78 is 1.68. The Morgan fingerprint density at radius 1 is 1.56 bits per heavy atom. The van der Waals surface area contributed by atoms with Gasteiger partial charge >= 0.3 is 0 Å². The van der Waals surface area contributed by atoms with E-state index in [-0.39, 0.29) is 25.1 Å². The van der Waals surface area contributed by atoms with E-state index >= 15 is 0 Å². The molecule has 0 atom stereocenters. The fourth-order valence-corrected chi connectivity index (χ4v) is 2.01. The summed E-state index contributed by atoms with van der Waals surface area (Å²) in [7, 11) is 3.62. The Bertz CT molecular complexity index is 426. The van der Waals surface area contributed by atoms with Crippen molar-refractivity contribution in [2.45, 2.75) is 33.4 Å². The first kappa shape index (κ1) is 14.5. The Labute approximate surface area is 108 Å². The third-order valence-corrected chi connectivity index (χ3v) is 2.66. The summed E-state index contributed by atoms with van der Waals surface area (Å²) in [6, 6.07) is 0.122. The standard InChI is InChI=1S/C12H22N4O2/c1-8(2)13-11(18)6-15(4)12-10(7-17)9(3)14-16(12)5/h8,17H,6-7H2,1-5H3,(H,13,18). The van der Waals surface area contributed by atoms with Crippen molar-refractivity contribution in [2.75, 3.05) is 18.5 Å². The molecule has 0 aliphatic carbocycles. The molecule has 2 N–H and O–H groups in total. The first-order valence-electron chi connectivity index (χ1n) is 6.00. The van der Waals surface area contributed by atoms with Gasteiger partial charge in [-0.25, -0.2) is 0 Å². The lowest BCUT2D eigenvalue weighted by Crippen LogP contribution is -2.39. The molecule has 102 valence electrons. The van der Waals surface area contributed by atoms with E-state index in [2.05, 4.69) is 10.4 Å². The van der Waals surface area contributed by atoms with Crippen LogP contribution in [0.3, 0.4) is 0 Å². The molecule has 0 aliphatic rings. The molecule has 0 radical (unpaired) electrons. The van der Waals surface area contributed by atoms with Gasteiger partial charge in [-0.3, -0.25) is 9.48 Å². The molecule has 6 heteroatoms. The number of carbonyl (C=O) groups is 1. The van der Waals surface area contributed by atoms with Gasteiger partial charge in [0, 0.05) is 25.7 Å². The second-order valence-electron chi connectivity index (χ2n) is 4.75. The molecule has 1 amide bonds. The molecule has 1 aromatic heterocycles. The molecule has 18 heavy (non-hydrogen) atoms. The molecule has 0 saturated heterocycles. The van der Waals surface area contributed by atoms with E-state index in [0.29, 0.717) is 0 Å². The van der Waals surface area contributed by atoms with Gasteiger partial charge in [0.1, 0.15) is 5.82 Å². The number of nitrogens with zero attached hydrogens (tertiary/aromatic N) is 3. The highest BCUT2D eigenvalue weighted by molar-refractivity contribution is 5.81. The van der Waals surface area contributed by atoms with Crippen LogP contribution in [-0.4, -0.2) is 40.4 Å². The maximum absolute atomic E-state index is 11.7. The molecule has 0 saturated carbocycles. The summed E-state index contributed by atoms with van der Waals surface area (Å²) in [4.78, 5) is 13.5. The smallest absolute Gasteiger partial charge is 0.239 e. The van der Waals surface area contributed by atoms with Gasteiger partial charge in [0.25, 0.3) is 0 Å². The van der Waals surface area contributed by atoms with Crippen LogP contribution >= 0.6 is 0 Å². The average molecular weight is 254 g/mol. The fourth-order valence-electron chi connectivity index (χ4n) is 2.01. The Balaban J connectivity index is 2.84. The number of hydrogen-bond acceptors (Lipinski definition) is 4. The molecule has 0 spiro atoms. The molecule has 0 aliphatic heterocycles. The lowest BCUT2D eigenvalue weighted by atomic mass is 10.2. The van der Waals surface area contributed by atoms with Crippen LogP contribution in [0, 0.1) is 6.92 Å². The second-order valence-corrected chi connectivity index (χ2v) is 4.75. The number of anilines is 1. The first-order chi connectivity index (χ1) is 8.36. The highest BCUT2D eigenvalue weighted by Gasteiger charge is 2.18. The van der Waals surface area contributed by atoms with E-state index in [1.807, 2.05) is 27.8 Å². The van der Waals surface area contributed by atoms with Crippen LogP contribution in [-0.2, 0) is 18.4 Å². The maximum Gasteiger partial charge on any atom is 0.239 e. The Morgan fingerprint density at radius 2 is 2.17 bits per heavy atom. The summed E-state index contributed by atoms with van der Waals surface area (Å²) >= 11 is 0. The average Bonchev–Trinajstić information content (AvgIpc) is 2.51. The van der Waals surface area contributed by atoms with Gasteiger partial charge < -0.3 is 15.3 Å². The molecule has 1 aromatic rings. The van der Waals surface area contributed by atoms with E-state index in [1.165, 1.54) is 0 Å². The summed E-state index contributed by atoms with van der Waals surface area (Å²) in [6.45, 7) is 5.85. The quantitative estimate of drug-likeness (QED) is 0.786. The third kappa shape index (κ3) is 3.22. The number of rotatable bonds is 5. The summed E-state index contributed by atoms with van der Waals surface area (Å²) in [6.07, 6.45) is 0. The van der Waals surface area contributed by atoms with Gasteiger partial charge in [-0.2, -0.15) is 5.10 Å². The molecule has 1 rings (SSSR count). The minimum atomic E-state index is -0.0782. The lowest BCUT2D eigenvalue weighted by Gasteiger charge is -2.20. The summed E-state index contributed by atoms with van der Waals surface area (Å²) in [5, 5.41) is 16.4. The largest absolute Gasteiger partial charge is 0.391 e. The van der Waals surface area contributed by atoms with Crippen molar-refractivity contribution in [1.82, 2.24) is 15.1 Å². The molecular formula is C12H22N4O2. The fraction of sp³-hybridized carbons (Fsp3) is 0.667. The zero-order valence-corrected chi connectivity index (χ0v) is 11.7. The topological polar surface area (TPSA) is 70.4 Å². The normalized spacial score (nSPS) is 10.8. The van der Waals surface area contributed by atoms with Crippen LogP contribution in [0.25, 0.3) is 0 Å². The van der Waals surface area contributed by atoms with E-state index in [0.717, 1.165) is 17.1 Å². The van der Waals surface area contributed by atoms with E-state index in [4.69, 9.17) is 0 Å². The minimum Gasteiger partial charge on any atom is -0.391 e. The van der Waals surface area contributed by atoms with Crippen molar-refractivity contribution < 1.29 is 9.90 Å². The number of amides is 1. The Kier molecular flexibility index (Phi) is 4.72. The molecular weight excluding hydrogens is 232 g/mol. The van der Waals surface area contributed by atoms with Crippen molar-refractivity contribution in [1.29, 1.82) is 0 Å². The van der Waals surface area contributed by atoms with E-state index in [9.17, 15) is 9.90 Å². The molecule has 0 fully saturated rings. The number of nitrogens with one attached hydrogen (secondary N) is 1. The lowest BCUT2D eigenvalue weighted by molar-refractivity contribution is -0.120. The number of likely N-dealkylation sites (N-methyl/N-ethyl adjacent to an activating group) is 1. The van der Waals surface area contributed by atoms with Crippen LogP contribution in [0.2, 0.25) is 0 Å². The number of carbonyl (C=O) groups excluding carboxylic acids is 1. The van der Waals surface area contributed by atoms with E-state index in [1.54, 1.807) is 16.6 Å². The monoisotopic (exact) mass is 254 g/mol. The predicted octanol–water partition coefficient (Wildman–Crippen LogP) is 0.182. The van der Waals surface area contributed by atoms with Gasteiger partial charge in [0.15, 0.2) is 0 Å². The van der Waals surface area contributed by atoms with Crippen molar-refractivity contribution >= 4 is 11.7 Å². The summed E-state index contributed by atoms with van der Waals surface area (Å²) in [5.41, 5.74) is 1.54. The summed E-state index contributed by atoms with van der Waals surface area (Å²) in [5.74, 6) is 0.726. The van der Waals surface area contributed by atoms with Crippen LogP contribution in [0.1, 0.15) is 25.1 Å².